The standard InChI is InChI=1S/C17H16N2/c1-2-4-16(5-3-1)17-8-6-15(7-9-17)10-12-19-13-11-18-14-19/h1-9,11,13-14H,10,12H2. The van der Waals surface area contributed by atoms with Crippen LogP contribution in [0.2, 0.25) is 0 Å². The normalized spacial score (nSPS) is 10.5. The quantitative estimate of drug-likeness (QED) is 0.687. The zero-order valence-electron chi connectivity index (χ0n) is 10.7. The van der Waals surface area contributed by atoms with Gasteiger partial charge in [-0.25, -0.2) is 4.98 Å². The molecule has 0 fully saturated rings. The Morgan fingerprint density at radius 2 is 1.58 bits per heavy atom. The first-order chi connectivity index (χ1) is 9.42. The molecule has 1 heterocycles. The second-order valence-corrected chi connectivity index (χ2v) is 4.61. The van der Waals surface area contributed by atoms with E-state index in [0.717, 1.165) is 13.0 Å². The van der Waals surface area contributed by atoms with E-state index >= 15 is 0 Å². The molecule has 0 bridgehead atoms. The van der Waals surface area contributed by atoms with Gasteiger partial charge in [0, 0.05) is 18.9 Å². The molecule has 0 saturated carbocycles. The summed E-state index contributed by atoms with van der Waals surface area (Å²) in [5.74, 6) is 0. The van der Waals surface area contributed by atoms with Crippen LogP contribution in [0.25, 0.3) is 11.1 Å². The summed E-state index contributed by atoms with van der Waals surface area (Å²) in [6.45, 7) is 0.977. The number of aromatic nitrogens is 2. The highest BCUT2D eigenvalue weighted by Crippen LogP contribution is 2.19. The van der Waals surface area contributed by atoms with Crippen LogP contribution in [0.15, 0.2) is 73.3 Å². The summed E-state index contributed by atoms with van der Waals surface area (Å²) in [5.41, 5.74) is 3.89. The molecule has 3 aromatic rings. The minimum Gasteiger partial charge on any atom is -0.337 e. The van der Waals surface area contributed by atoms with E-state index in [1.165, 1.54) is 16.7 Å². The molecule has 0 unspecified atom stereocenters. The van der Waals surface area contributed by atoms with Gasteiger partial charge in [0.2, 0.25) is 0 Å². The van der Waals surface area contributed by atoms with Crippen LogP contribution in [0, 0.1) is 0 Å². The van der Waals surface area contributed by atoms with Crippen LogP contribution in [0.4, 0.5) is 0 Å². The van der Waals surface area contributed by atoms with Gasteiger partial charge in [-0.2, -0.15) is 0 Å². The van der Waals surface area contributed by atoms with Crippen LogP contribution in [-0.2, 0) is 13.0 Å². The molecule has 0 aliphatic rings. The molecule has 2 aromatic carbocycles. The fourth-order valence-corrected chi connectivity index (χ4v) is 2.17. The van der Waals surface area contributed by atoms with Gasteiger partial charge in [0.1, 0.15) is 0 Å². The van der Waals surface area contributed by atoms with Gasteiger partial charge < -0.3 is 4.57 Å². The lowest BCUT2D eigenvalue weighted by molar-refractivity contribution is 0.696. The minimum absolute atomic E-state index is 0.977. The third kappa shape index (κ3) is 2.91. The van der Waals surface area contributed by atoms with Gasteiger partial charge in [0.15, 0.2) is 0 Å². The van der Waals surface area contributed by atoms with Crippen molar-refractivity contribution in [2.75, 3.05) is 0 Å². The average molecular weight is 248 g/mol. The summed E-state index contributed by atoms with van der Waals surface area (Å²) in [7, 11) is 0. The Morgan fingerprint density at radius 1 is 0.842 bits per heavy atom. The van der Waals surface area contributed by atoms with E-state index < -0.39 is 0 Å². The van der Waals surface area contributed by atoms with Crippen molar-refractivity contribution in [1.29, 1.82) is 0 Å². The van der Waals surface area contributed by atoms with E-state index in [4.69, 9.17) is 0 Å². The molecular formula is C17H16N2. The van der Waals surface area contributed by atoms with Gasteiger partial charge in [-0.05, 0) is 23.1 Å². The summed E-state index contributed by atoms with van der Waals surface area (Å²) in [6.07, 6.45) is 6.71. The Morgan fingerprint density at radius 3 is 2.26 bits per heavy atom. The Kier molecular flexibility index (Phi) is 3.41. The molecule has 0 atom stereocenters. The number of hydrogen-bond acceptors (Lipinski definition) is 1. The molecule has 0 N–H and O–H groups in total. The molecule has 0 amide bonds. The molecule has 94 valence electrons. The molecule has 3 rings (SSSR count). The number of benzene rings is 2. The zero-order chi connectivity index (χ0) is 12.9. The van der Waals surface area contributed by atoms with Crippen LogP contribution >= 0.6 is 0 Å². The highest BCUT2D eigenvalue weighted by Gasteiger charge is 1.98. The third-order valence-corrected chi connectivity index (χ3v) is 3.28. The van der Waals surface area contributed by atoms with Crippen molar-refractivity contribution >= 4 is 0 Å². The van der Waals surface area contributed by atoms with Gasteiger partial charge in [-0.3, -0.25) is 0 Å². The molecule has 2 heteroatoms. The van der Waals surface area contributed by atoms with Crippen molar-refractivity contribution in [1.82, 2.24) is 9.55 Å². The molecule has 0 radical (unpaired) electrons. The Balaban J connectivity index is 1.69. The van der Waals surface area contributed by atoms with Crippen molar-refractivity contribution in [3.05, 3.63) is 78.9 Å². The first kappa shape index (κ1) is 11.7. The Labute approximate surface area is 113 Å². The summed E-state index contributed by atoms with van der Waals surface area (Å²) in [6, 6.07) is 19.3. The summed E-state index contributed by atoms with van der Waals surface area (Å²) >= 11 is 0. The first-order valence-electron chi connectivity index (χ1n) is 6.52. The van der Waals surface area contributed by atoms with E-state index in [2.05, 4.69) is 58.1 Å². The monoisotopic (exact) mass is 248 g/mol. The van der Waals surface area contributed by atoms with Crippen molar-refractivity contribution in [3.8, 4) is 11.1 Å². The minimum atomic E-state index is 0.977. The number of imidazole rings is 1. The van der Waals surface area contributed by atoms with Crippen molar-refractivity contribution in [2.24, 2.45) is 0 Å². The molecular weight excluding hydrogens is 232 g/mol. The second-order valence-electron chi connectivity index (χ2n) is 4.61. The van der Waals surface area contributed by atoms with Gasteiger partial charge >= 0.3 is 0 Å². The summed E-state index contributed by atoms with van der Waals surface area (Å²) < 4.78 is 2.10. The summed E-state index contributed by atoms with van der Waals surface area (Å²) in [5, 5.41) is 0. The smallest absolute Gasteiger partial charge is 0.0946 e. The predicted molar refractivity (Wildman–Crippen MR) is 77.8 cm³/mol. The third-order valence-electron chi connectivity index (χ3n) is 3.28. The highest BCUT2D eigenvalue weighted by molar-refractivity contribution is 5.63. The van der Waals surface area contributed by atoms with Crippen LogP contribution in [0.5, 0.6) is 0 Å². The number of rotatable bonds is 4. The van der Waals surface area contributed by atoms with Crippen molar-refractivity contribution < 1.29 is 0 Å². The lowest BCUT2D eigenvalue weighted by atomic mass is 10.0. The summed E-state index contributed by atoms with van der Waals surface area (Å²) in [4.78, 5) is 4.05. The fraction of sp³-hybridized carbons (Fsp3) is 0.118. The number of aryl methyl sites for hydroxylation is 2. The molecule has 0 aliphatic heterocycles. The Hall–Kier alpha value is -2.35. The molecule has 0 saturated heterocycles. The molecule has 0 spiro atoms. The van der Waals surface area contributed by atoms with E-state index in [9.17, 15) is 0 Å². The fourth-order valence-electron chi connectivity index (χ4n) is 2.17. The maximum Gasteiger partial charge on any atom is 0.0946 e. The predicted octanol–water partition coefficient (Wildman–Crippen LogP) is 3.79. The van der Waals surface area contributed by atoms with Crippen LogP contribution in [0.1, 0.15) is 5.56 Å². The lowest BCUT2D eigenvalue weighted by Gasteiger charge is -2.05. The lowest BCUT2D eigenvalue weighted by Crippen LogP contribution is -1.98. The van der Waals surface area contributed by atoms with Gasteiger partial charge in [-0.15, -0.1) is 0 Å². The molecule has 19 heavy (non-hydrogen) atoms. The van der Waals surface area contributed by atoms with Crippen molar-refractivity contribution in [2.45, 2.75) is 13.0 Å². The van der Waals surface area contributed by atoms with Crippen molar-refractivity contribution in [3.63, 3.8) is 0 Å². The van der Waals surface area contributed by atoms with Gasteiger partial charge in [0.05, 0.1) is 6.33 Å². The van der Waals surface area contributed by atoms with E-state index in [1.807, 2.05) is 24.8 Å². The second kappa shape index (κ2) is 5.53. The van der Waals surface area contributed by atoms with Crippen LogP contribution in [0.3, 0.4) is 0 Å². The van der Waals surface area contributed by atoms with Gasteiger partial charge in [0.25, 0.3) is 0 Å². The largest absolute Gasteiger partial charge is 0.337 e. The Bertz CT molecular complexity index is 610. The SMILES string of the molecule is c1ccc(-c2ccc(CCn3ccnc3)cc2)cc1. The molecule has 0 aliphatic carbocycles. The number of nitrogens with zero attached hydrogens (tertiary/aromatic N) is 2. The van der Waals surface area contributed by atoms with E-state index in [0.29, 0.717) is 0 Å². The highest BCUT2D eigenvalue weighted by atomic mass is 15.0. The van der Waals surface area contributed by atoms with E-state index in [1.54, 1.807) is 0 Å². The maximum absolute atomic E-state index is 4.05. The van der Waals surface area contributed by atoms with Gasteiger partial charge in [-0.1, -0.05) is 54.6 Å². The number of hydrogen-bond donors (Lipinski definition) is 0. The first-order valence-corrected chi connectivity index (χ1v) is 6.52. The molecule has 2 nitrogen and oxygen atoms in total. The maximum atomic E-state index is 4.05. The van der Waals surface area contributed by atoms with Crippen LogP contribution in [-0.4, -0.2) is 9.55 Å². The molecule has 1 aromatic heterocycles. The zero-order valence-corrected chi connectivity index (χ0v) is 10.7. The van der Waals surface area contributed by atoms with Crippen LogP contribution < -0.4 is 0 Å². The average Bonchev–Trinajstić information content (AvgIpc) is 3.00. The van der Waals surface area contributed by atoms with E-state index in [-0.39, 0.29) is 0 Å². The topological polar surface area (TPSA) is 17.8 Å².